The number of morpholine rings is 1. The van der Waals surface area contributed by atoms with Crippen LogP contribution in [0.5, 0.6) is 23.0 Å². The highest BCUT2D eigenvalue weighted by atomic mass is 16.5. The highest BCUT2D eigenvalue weighted by molar-refractivity contribution is 5.79. The minimum absolute atomic E-state index is 0.0250. The Labute approximate surface area is 207 Å². The van der Waals surface area contributed by atoms with E-state index in [1.165, 1.54) is 5.56 Å². The molecule has 0 aromatic heterocycles. The first-order valence-electron chi connectivity index (χ1n) is 12.1. The molecule has 0 unspecified atom stereocenters. The minimum atomic E-state index is 0.0250. The van der Waals surface area contributed by atoms with Crippen molar-refractivity contribution in [2.45, 2.75) is 45.6 Å². The molecule has 190 valence electrons. The quantitative estimate of drug-likeness (QED) is 0.597. The van der Waals surface area contributed by atoms with Gasteiger partial charge in [0.1, 0.15) is 12.4 Å². The number of fused-ring (bicyclic) bond motifs is 1. The van der Waals surface area contributed by atoms with Crippen molar-refractivity contribution in [3.63, 3.8) is 0 Å². The van der Waals surface area contributed by atoms with E-state index < -0.39 is 0 Å². The molecule has 0 spiro atoms. The van der Waals surface area contributed by atoms with Gasteiger partial charge in [-0.05, 0) is 49.2 Å². The zero-order valence-corrected chi connectivity index (χ0v) is 21.3. The SMILES string of the molecule is COc1cc(CC(=O)N2CCOc3ccc(CN4C[C@@H](C)O[C@@H](C)C4)cc3C2)cc(OC)c1OC. The highest BCUT2D eigenvalue weighted by Crippen LogP contribution is 2.38. The fourth-order valence-corrected chi connectivity index (χ4v) is 4.95. The smallest absolute Gasteiger partial charge is 0.227 e. The molecular weight excluding hydrogens is 448 g/mol. The van der Waals surface area contributed by atoms with Crippen LogP contribution in [0.3, 0.4) is 0 Å². The lowest BCUT2D eigenvalue weighted by atomic mass is 10.1. The number of carbonyl (C=O) groups excluding carboxylic acids is 1. The summed E-state index contributed by atoms with van der Waals surface area (Å²) < 4.78 is 28.1. The van der Waals surface area contributed by atoms with Crippen LogP contribution >= 0.6 is 0 Å². The Morgan fingerprint density at radius 3 is 2.29 bits per heavy atom. The summed E-state index contributed by atoms with van der Waals surface area (Å²) in [7, 11) is 4.71. The van der Waals surface area contributed by atoms with Crippen LogP contribution in [0.2, 0.25) is 0 Å². The summed E-state index contributed by atoms with van der Waals surface area (Å²) in [4.78, 5) is 17.6. The van der Waals surface area contributed by atoms with Crippen molar-refractivity contribution in [2.24, 2.45) is 0 Å². The molecule has 2 aliphatic rings. The van der Waals surface area contributed by atoms with Crippen LogP contribution < -0.4 is 18.9 Å². The van der Waals surface area contributed by atoms with Gasteiger partial charge < -0.3 is 28.6 Å². The molecule has 0 radical (unpaired) electrons. The third-order valence-corrected chi connectivity index (χ3v) is 6.44. The number of ether oxygens (including phenoxy) is 5. The van der Waals surface area contributed by atoms with Crippen molar-refractivity contribution < 1.29 is 28.5 Å². The van der Waals surface area contributed by atoms with E-state index in [0.717, 1.165) is 36.5 Å². The Morgan fingerprint density at radius 2 is 1.66 bits per heavy atom. The van der Waals surface area contributed by atoms with Gasteiger partial charge in [-0.1, -0.05) is 6.07 Å². The number of hydrogen-bond donors (Lipinski definition) is 0. The number of nitrogens with zero attached hydrogens (tertiary/aromatic N) is 2. The molecule has 1 fully saturated rings. The van der Waals surface area contributed by atoms with Crippen molar-refractivity contribution >= 4 is 5.91 Å². The van der Waals surface area contributed by atoms with Crippen molar-refractivity contribution in [1.29, 1.82) is 0 Å². The predicted molar refractivity (Wildman–Crippen MR) is 132 cm³/mol. The zero-order chi connectivity index (χ0) is 24.9. The third-order valence-electron chi connectivity index (χ3n) is 6.44. The van der Waals surface area contributed by atoms with E-state index in [1.807, 2.05) is 23.1 Å². The van der Waals surface area contributed by atoms with Gasteiger partial charge in [0.25, 0.3) is 0 Å². The van der Waals surface area contributed by atoms with Crippen molar-refractivity contribution in [3.05, 3.63) is 47.0 Å². The number of carbonyl (C=O) groups is 1. The molecule has 2 atom stereocenters. The lowest BCUT2D eigenvalue weighted by Gasteiger charge is -2.35. The van der Waals surface area contributed by atoms with Gasteiger partial charge in [-0.25, -0.2) is 0 Å². The largest absolute Gasteiger partial charge is 0.493 e. The molecule has 2 aromatic carbocycles. The molecule has 2 aromatic rings. The molecule has 0 aliphatic carbocycles. The van der Waals surface area contributed by atoms with Gasteiger partial charge in [-0.15, -0.1) is 0 Å². The molecule has 2 aliphatic heterocycles. The summed E-state index contributed by atoms with van der Waals surface area (Å²) in [5.41, 5.74) is 3.05. The average Bonchev–Trinajstić information content (AvgIpc) is 3.05. The number of amides is 1. The second-order valence-corrected chi connectivity index (χ2v) is 9.27. The fraction of sp³-hybridized carbons (Fsp3) is 0.519. The normalized spacial score (nSPS) is 20.4. The predicted octanol–water partition coefficient (Wildman–Crippen LogP) is 3.29. The first-order valence-corrected chi connectivity index (χ1v) is 12.1. The monoisotopic (exact) mass is 484 g/mol. The maximum Gasteiger partial charge on any atom is 0.227 e. The van der Waals surface area contributed by atoms with E-state index in [1.54, 1.807) is 21.3 Å². The second kappa shape index (κ2) is 11.2. The zero-order valence-electron chi connectivity index (χ0n) is 21.3. The van der Waals surface area contributed by atoms with E-state index >= 15 is 0 Å². The first-order chi connectivity index (χ1) is 16.9. The Morgan fingerprint density at radius 1 is 0.971 bits per heavy atom. The molecule has 0 bridgehead atoms. The number of benzene rings is 2. The summed E-state index contributed by atoms with van der Waals surface area (Å²) in [5, 5.41) is 0. The van der Waals surface area contributed by atoms with E-state index in [4.69, 9.17) is 23.7 Å². The number of rotatable bonds is 7. The molecule has 8 heteroatoms. The van der Waals surface area contributed by atoms with Crippen LogP contribution in [-0.2, 0) is 29.0 Å². The molecule has 0 saturated carbocycles. The second-order valence-electron chi connectivity index (χ2n) is 9.27. The topological polar surface area (TPSA) is 69.7 Å². The summed E-state index contributed by atoms with van der Waals surface area (Å²) in [5.74, 6) is 2.46. The van der Waals surface area contributed by atoms with Crippen LogP contribution in [0.25, 0.3) is 0 Å². The summed E-state index contributed by atoms with van der Waals surface area (Å²) in [6, 6.07) is 9.97. The Balaban J connectivity index is 1.47. The summed E-state index contributed by atoms with van der Waals surface area (Å²) >= 11 is 0. The Kier molecular flexibility index (Phi) is 8.03. The molecule has 35 heavy (non-hydrogen) atoms. The fourth-order valence-electron chi connectivity index (χ4n) is 4.95. The van der Waals surface area contributed by atoms with Crippen molar-refractivity contribution in [2.75, 3.05) is 47.6 Å². The van der Waals surface area contributed by atoms with Gasteiger partial charge in [0.15, 0.2) is 11.5 Å². The van der Waals surface area contributed by atoms with Gasteiger partial charge >= 0.3 is 0 Å². The standard InChI is InChI=1S/C27H36N2O6/c1-18-14-28(15-19(2)35-18)16-20-6-7-23-22(10-20)17-29(8-9-34-23)26(30)13-21-11-24(31-3)27(33-5)25(12-21)32-4/h6-7,10-12,18-19H,8-9,13-17H2,1-5H3/t18-,19+. The Bertz CT molecular complexity index is 1010. The van der Waals surface area contributed by atoms with Gasteiger partial charge in [0.05, 0.1) is 46.5 Å². The van der Waals surface area contributed by atoms with E-state index in [2.05, 4.69) is 30.9 Å². The highest BCUT2D eigenvalue weighted by Gasteiger charge is 2.24. The summed E-state index contributed by atoms with van der Waals surface area (Å²) in [6.45, 7) is 8.43. The van der Waals surface area contributed by atoms with E-state index in [-0.39, 0.29) is 24.5 Å². The third kappa shape index (κ3) is 6.00. The van der Waals surface area contributed by atoms with Gasteiger partial charge in [-0.2, -0.15) is 0 Å². The van der Waals surface area contributed by atoms with E-state index in [9.17, 15) is 4.79 Å². The van der Waals surface area contributed by atoms with Crippen molar-refractivity contribution in [3.8, 4) is 23.0 Å². The van der Waals surface area contributed by atoms with Crippen molar-refractivity contribution in [1.82, 2.24) is 9.80 Å². The first kappa shape index (κ1) is 25.1. The molecule has 8 nitrogen and oxygen atoms in total. The minimum Gasteiger partial charge on any atom is -0.493 e. The van der Waals surface area contributed by atoms with Gasteiger partial charge in [0, 0.05) is 31.7 Å². The maximum atomic E-state index is 13.3. The van der Waals surface area contributed by atoms with Gasteiger partial charge in [0.2, 0.25) is 11.7 Å². The maximum absolute atomic E-state index is 13.3. The lowest BCUT2D eigenvalue weighted by molar-refractivity contribution is -0.131. The molecule has 2 heterocycles. The van der Waals surface area contributed by atoms with Gasteiger partial charge in [-0.3, -0.25) is 9.69 Å². The molecule has 1 amide bonds. The molecule has 4 rings (SSSR count). The van der Waals surface area contributed by atoms with E-state index in [0.29, 0.717) is 36.9 Å². The molecule has 1 saturated heterocycles. The van der Waals surface area contributed by atoms with Crippen LogP contribution in [0.15, 0.2) is 30.3 Å². The number of hydrogen-bond acceptors (Lipinski definition) is 7. The van der Waals surface area contributed by atoms with Crippen LogP contribution in [0.1, 0.15) is 30.5 Å². The van der Waals surface area contributed by atoms with Crippen LogP contribution in [0.4, 0.5) is 0 Å². The molecule has 0 N–H and O–H groups in total. The average molecular weight is 485 g/mol. The lowest BCUT2D eigenvalue weighted by Crippen LogP contribution is -2.44. The number of methoxy groups -OCH3 is 3. The summed E-state index contributed by atoms with van der Waals surface area (Å²) in [6.07, 6.45) is 0.687. The van der Waals surface area contributed by atoms with Crippen LogP contribution in [-0.4, -0.2) is 75.5 Å². The van der Waals surface area contributed by atoms with Crippen LogP contribution in [0, 0.1) is 0 Å². The Hall–Kier alpha value is -2.97. The molecular formula is C27H36N2O6.